The Hall–Kier alpha value is -0.530. The van der Waals surface area contributed by atoms with Crippen LogP contribution < -0.4 is 0 Å². The zero-order chi connectivity index (χ0) is 8.27. The highest BCUT2D eigenvalue weighted by Crippen LogP contribution is 2.30. The molecule has 3 atom stereocenters. The van der Waals surface area contributed by atoms with Gasteiger partial charge in [0.1, 0.15) is 6.10 Å². The molecule has 0 aromatic rings. The average Bonchev–Trinajstić information content (AvgIpc) is 1.99. The van der Waals surface area contributed by atoms with Crippen molar-refractivity contribution in [2.75, 3.05) is 0 Å². The summed E-state index contributed by atoms with van der Waals surface area (Å²) in [5.74, 6) is 1.24. The normalized spacial score (nSPS) is 38.2. The summed E-state index contributed by atoms with van der Waals surface area (Å²) in [6.07, 6.45) is 3.70. The first-order valence-electron chi connectivity index (χ1n) is 4.34. The minimum atomic E-state index is 0.177. The third-order valence-corrected chi connectivity index (χ3v) is 2.86. The molecule has 11 heavy (non-hydrogen) atoms. The lowest BCUT2D eigenvalue weighted by molar-refractivity contribution is -0.138. The summed E-state index contributed by atoms with van der Waals surface area (Å²) in [6, 6.07) is 0. The Bertz CT molecular complexity index is 134. The van der Waals surface area contributed by atoms with Crippen LogP contribution in [0.15, 0.2) is 0 Å². The molecule has 0 amide bonds. The second kappa shape index (κ2) is 3.74. The molecule has 0 aromatic carbocycles. The Kier molecular flexibility index (Phi) is 2.92. The first-order valence-corrected chi connectivity index (χ1v) is 4.34. The van der Waals surface area contributed by atoms with Crippen LogP contribution in [0.4, 0.5) is 0 Å². The first kappa shape index (κ1) is 8.57. The molecule has 1 aliphatic carbocycles. The van der Waals surface area contributed by atoms with Crippen molar-refractivity contribution in [1.29, 1.82) is 0 Å². The SMILES string of the molecule is CC1CCCC(OC=O)C1C. The minimum absolute atomic E-state index is 0.177. The van der Waals surface area contributed by atoms with E-state index < -0.39 is 0 Å². The smallest absolute Gasteiger partial charge is 0.293 e. The van der Waals surface area contributed by atoms with Crippen LogP contribution in [0.5, 0.6) is 0 Å². The molecule has 0 heterocycles. The second-order valence-corrected chi connectivity index (χ2v) is 3.54. The van der Waals surface area contributed by atoms with Gasteiger partial charge in [-0.05, 0) is 24.7 Å². The van der Waals surface area contributed by atoms with Gasteiger partial charge in [-0.3, -0.25) is 4.79 Å². The van der Waals surface area contributed by atoms with Gasteiger partial charge in [-0.25, -0.2) is 0 Å². The summed E-state index contributed by atoms with van der Waals surface area (Å²) in [7, 11) is 0. The molecule has 1 saturated carbocycles. The van der Waals surface area contributed by atoms with E-state index >= 15 is 0 Å². The molecule has 0 spiro atoms. The van der Waals surface area contributed by atoms with Gasteiger partial charge >= 0.3 is 0 Å². The summed E-state index contributed by atoms with van der Waals surface area (Å²) in [5, 5.41) is 0. The number of hydrogen-bond donors (Lipinski definition) is 0. The fourth-order valence-corrected chi connectivity index (χ4v) is 1.80. The summed E-state index contributed by atoms with van der Waals surface area (Å²) in [6.45, 7) is 4.97. The Morgan fingerprint density at radius 2 is 2.09 bits per heavy atom. The number of hydrogen-bond acceptors (Lipinski definition) is 2. The van der Waals surface area contributed by atoms with Gasteiger partial charge in [0, 0.05) is 0 Å². The predicted octanol–water partition coefficient (Wildman–Crippen LogP) is 1.98. The second-order valence-electron chi connectivity index (χ2n) is 3.54. The Labute approximate surface area is 67.9 Å². The predicted molar refractivity (Wildman–Crippen MR) is 43.1 cm³/mol. The minimum Gasteiger partial charge on any atom is -0.464 e. The lowest BCUT2D eigenvalue weighted by Crippen LogP contribution is -2.30. The zero-order valence-corrected chi connectivity index (χ0v) is 7.25. The van der Waals surface area contributed by atoms with Gasteiger partial charge in [-0.15, -0.1) is 0 Å². The van der Waals surface area contributed by atoms with Crippen molar-refractivity contribution in [3.05, 3.63) is 0 Å². The topological polar surface area (TPSA) is 26.3 Å². The fraction of sp³-hybridized carbons (Fsp3) is 0.889. The van der Waals surface area contributed by atoms with Crippen molar-refractivity contribution in [3.8, 4) is 0 Å². The maximum atomic E-state index is 10.1. The number of carbonyl (C=O) groups excluding carboxylic acids is 1. The van der Waals surface area contributed by atoms with E-state index in [1.165, 1.54) is 12.8 Å². The van der Waals surface area contributed by atoms with Crippen LogP contribution in [0.2, 0.25) is 0 Å². The quantitative estimate of drug-likeness (QED) is 0.571. The average molecular weight is 156 g/mol. The van der Waals surface area contributed by atoms with Gasteiger partial charge in [0.25, 0.3) is 6.47 Å². The molecule has 0 radical (unpaired) electrons. The highest BCUT2D eigenvalue weighted by Gasteiger charge is 2.27. The number of ether oxygens (including phenoxy) is 1. The highest BCUT2D eigenvalue weighted by atomic mass is 16.5. The third kappa shape index (κ3) is 1.95. The van der Waals surface area contributed by atoms with Crippen molar-refractivity contribution >= 4 is 6.47 Å². The van der Waals surface area contributed by atoms with Crippen LogP contribution in [0.1, 0.15) is 33.1 Å². The lowest BCUT2D eigenvalue weighted by Gasteiger charge is -2.32. The molecule has 0 saturated heterocycles. The van der Waals surface area contributed by atoms with Crippen molar-refractivity contribution in [2.24, 2.45) is 11.8 Å². The molecule has 1 aliphatic rings. The van der Waals surface area contributed by atoms with Crippen LogP contribution in [0, 0.1) is 11.8 Å². The Balaban J connectivity index is 2.43. The van der Waals surface area contributed by atoms with Crippen molar-refractivity contribution in [1.82, 2.24) is 0 Å². The molecule has 3 unspecified atom stereocenters. The van der Waals surface area contributed by atoms with Crippen molar-refractivity contribution in [3.63, 3.8) is 0 Å². The van der Waals surface area contributed by atoms with Gasteiger partial charge in [0.05, 0.1) is 0 Å². The largest absolute Gasteiger partial charge is 0.464 e. The standard InChI is InChI=1S/C9H16O2/c1-7-4-3-5-9(8(7)2)11-6-10/h6-9H,3-5H2,1-2H3. The monoisotopic (exact) mass is 156 g/mol. The van der Waals surface area contributed by atoms with Gasteiger partial charge < -0.3 is 4.74 Å². The van der Waals surface area contributed by atoms with E-state index in [9.17, 15) is 4.79 Å². The summed E-state index contributed by atoms with van der Waals surface area (Å²) in [4.78, 5) is 10.1. The molecule has 1 fully saturated rings. The Morgan fingerprint density at radius 1 is 1.36 bits per heavy atom. The third-order valence-electron chi connectivity index (χ3n) is 2.86. The van der Waals surface area contributed by atoms with E-state index in [2.05, 4.69) is 13.8 Å². The molecule has 0 aliphatic heterocycles. The van der Waals surface area contributed by atoms with Crippen LogP contribution in [0.3, 0.4) is 0 Å². The number of carbonyl (C=O) groups is 1. The zero-order valence-electron chi connectivity index (χ0n) is 7.25. The van der Waals surface area contributed by atoms with Crippen molar-refractivity contribution in [2.45, 2.75) is 39.2 Å². The van der Waals surface area contributed by atoms with Crippen LogP contribution in [-0.4, -0.2) is 12.6 Å². The molecule has 2 nitrogen and oxygen atoms in total. The van der Waals surface area contributed by atoms with Gasteiger partial charge in [0.2, 0.25) is 0 Å². The molecule has 0 aromatic heterocycles. The maximum absolute atomic E-state index is 10.1. The molecule has 64 valence electrons. The molecule has 0 N–H and O–H groups in total. The van der Waals surface area contributed by atoms with Gasteiger partial charge in [-0.2, -0.15) is 0 Å². The van der Waals surface area contributed by atoms with E-state index in [0.29, 0.717) is 18.3 Å². The van der Waals surface area contributed by atoms with E-state index in [1.54, 1.807) is 0 Å². The molecular formula is C9H16O2. The van der Waals surface area contributed by atoms with Crippen molar-refractivity contribution < 1.29 is 9.53 Å². The number of rotatable bonds is 2. The Morgan fingerprint density at radius 3 is 2.73 bits per heavy atom. The van der Waals surface area contributed by atoms with E-state index in [4.69, 9.17) is 4.74 Å². The van der Waals surface area contributed by atoms with Gasteiger partial charge in [-0.1, -0.05) is 20.3 Å². The van der Waals surface area contributed by atoms with Crippen LogP contribution in [-0.2, 0) is 9.53 Å². The van der Waals surface area contributed by atoms with Crippen LogP contribution in [0.25, 0.3) is 0 Å². The molecular weight excluding hydrogens is 140 g/mol. The molecule has 2 heteroatoms. The van der Waals surface area contributed by atoms with E-state index in [-0.39, 0.29) is 6.10 Å². The molecule has 1 rings (SSSR count). The molecule has 0 bridgehead atoms. The summed E-state index contributed by atoms with van der Waals surface area (Å²) >= 11 is 0. The lowest BCUT2D eigenvalue weighted by atomic mass is 9.79. The van der Waals surface area contributed by atoms with E-state index in [0.717, 1.165) is 6.42 Å². The van der Waals surface area contributed by atoms with Gasteiger partial charge in [0.15, 0.2) is 0 Å². The summed E-state index contributed by atoms with van der Waals surface area (Å²) in [5.41, 5.74) is 0. The maximum Gasteiger partial charge on any atom is 0.293 e. The van der Waals surface area contributed by atoms with E-state index in [1.807, 2.05) is 0 Å². The fourth-order valence-electron chi connectivity index (χ4n) is 1.80. The summed E-state index contributed by atoms with van der Waals surface area (Å²) < 4.78 is 4.98. The highest BCUT2D eigenvalue weighted by molar-refractivity contribution is 5.37. The van der Waals surface area contributed by atoms with Crippen LogP contribution >= 0.6 is 0 Å². The first-order chi connectivity index (χ1) is 5.25.